The lowest BCUT2D eigenvalue weighted by molar-refractivity contribution is -0.132. The monoisotopic (exact) mass is 482 g/mol. The second kappa shape index (κ2) is 7.44. The van der Waals surface area contributed by atoms with Crippen LogP contribution in [0.15, 0.2) is 48.5 Å². The Bertz CT molecular complexity index is 1230. The number of nitrogens with zero attached hydrogens (tertiary/aromatic N) is 2. The maximum atomic E-state index is 13.8. The molecular formula is C26H24Cl2N2O3. The predicted octanol–water partition coefficient (Wildman–Crippen LogP) is 5.39. The smallest absolute Gasteiger partial charge is 0.240 e. The van der Waals surface area contributed by atoms with Crippen LogP contribution in [0.3, 0.4) is 0 Å². The highest BCUT2D eigenvalue weighted by Gasteiger charge is 2.65. The van der Waals surface area contributed by atoms with E-state index in [0.29, 0.717) is 15.7 Å². The SMILES string of the molecule is CC1=C[C@@H]2[C@@H]3C(=O)N(c4ccc(Cl)cc4)C(=O)[C@@H]3[C@@H](C(=O)C(C)(C)C)N2c2ccc(Cl)cc21. The highest BCUT2D eigenvalue weighted by atomic mass is 35.5. The molecule has 2 saturated heterocycles. The average molecular weight is 483 g/mol. The van der Waals surface area contributed by atoms with Crippen molar-refractivity contribution >= 4 is 57.7 Å². The van der Waals surface area contributed by atoms with Crippen LogP contribution < -0.4 is 9.80 Å². The number of anilines is 2. The minimum atomic E-state index is -0.768. The molecule has 0 spiro atoms. The van der Waals surface area contributed by atoms with Crippen LogP contribution in [-0.4, -0.2) is 29.7 Å². The van der Waals surface area contributed by atoms with E-state index in [9.17, 15) is 14.4 Å². The number of amides is 2. The highest BCUT2D eigenvalue weighted by molar-refractivity contribution is 6.31. The van der Waals surface area contributed by atoms with Gasteiger partial charge in [0, 0.05) is 26.7 Å². The van der Waals surface area contributed by atoms with E-state index in [1.807, 2.05) is 50.8 Å². The standard InChI is InChI=1S/C26H24Cl2N2O3/c1-13-11-19-20-21(25(33)29(24(20)32)16-8-5-14(27)6-9-16)22(23(31)26(2,3)4)30(19)18-10-7-15(28)12-17(13)18/h5-12,19-22H,1-4H3/t19-,20+,21+,22+/m1/s1. The van der Waals surface area contributed by atoms with Gasteiger partial charge in [0.2, 0.25) is 11.8 Å². The van der Waals surface area contributed by atoms with Crippen molar-refractivity contribution < 1.29 is 14.4 Å². The van der Waals surface area contributed by atoms with E-state index >= 15 is 0 Å². The Morgan fingerprint density at radius 1 is 0.909 bits per heavy atom. The number of halogens is 2. The minimum absolute atomic E-state index is 0.0621. The van der Waals surface area contributed by atoms with Crippen LogP contribution in [0, 0.1) is 17.3 Å². The summed E-state index contributed by atoms with van der Waals surface area (Å²) in [6.07, 6.45) is 2.00. The number of hydrogen-bond acceptors (Lipinski definition) is 4. The first kappa shape index (κ1) is 22.2. The van der Waals surface area contributed by atoms with Gasteiger partial charge >= 0.3 is 0 Å². The van der Waals surface area contributed by atoms with E-state index in [0.717, 1.165) is 16.8 Å². The summed E-state index contributed by atoms with van der Waals surface area (Å²) in [5, 5.41) is 1.12. The molecule has 0 saturated carbocycles. The number of ketones is 1. The van der Waals surface area contributed by atoms with Crippen molar-refractivity contribution in [1.29, 1.82) is 0 Å². The molecule has 7 heteroatoms. The molecular weight excluding hydrogens is 459 g/mol. The van der Waals surface area contributed by atoms with Crippen LogP contribution >= 0.6 is 23.2 Å². The van der Waals surface area contributed by atoms with Crippen molar-refractivity contribution in [2.24, 2.45) is 17.3 Å². The average Bonchev–Trinajstić information content (AvgIpc) is 3.21. The second-order valence-electron chi connectivity index (χ2n) is 10.0. The largest absolute Gasteiger partial charge is 0.353 e. The first-order valence-corrected chi connectivity index (χ1v) is 11.7. The first-order chi connectivity index (χ1) is 15.5. The Morgan fingerprint density at radius 3 is 2.15 bits per heavy atom. The van der Waals surface area contributed by atoms with Gasteiger partial charge in [-0.15, -0.1) is 0 Å². The van der Waals surface area contributed by atoms with Crippen molar-refractivity contribution in [2.45, 2.75) is 39.8 Å². The van der Waals surface area contributed by atoms with Gasteiger partial charge in [0.15, 0.2) is 5.78 Å². The Balaban J connectivity index is 1.68. The fourth-order valence-corrected chi connectivity index (χ4v) is 5.70. The molecule has 2 amide bonds. The van der Waals surface area contributed by atoms with E-state index in [4.69, 9.17) is 23.2 Å². The molecule has 0 unspecified atom stereocenters. The molecule has 4 atom stereocenters. The van der Waals surface area contributed by atoms with Gasteiger partial charge < -0.3 is 4.90 Å². The van der Waals surface area contributed by atoms with Gasteiger partial charge in [0.05, 0.1) is 23.6 Å². The Morgan fingerprint density at radius 2 is 1.52 bits per heavy atom. The summed E-state index contributed by atoms with van der Waals surface area (Å²) in [4.78, 5) is 44.5. The molecule has 2 aromatic rings. The number of benzene rings is 2. The first-order valence-electron chi connectivity index (χ1n) is 10.9. The summed E-state index contributed by atoms with van der Waals surface area (Å²) in [6.45, 7) is 7.52. The minimum Gasteiger partial charge on any atom is -0.353 e. The van der Waals surface area contributed by atoms with Crippen LogP contribution in [-0.2, 0) is 14.4 Å². The number of carbonyl (C=O) groups excluding carboxylic acids is 3. The van der Waals surface area contributed by atoms with Crippen molar-refractivity contribution in [3.63, 3.8) is 0 Å². The zero-order valence-electron chi connectivity index (χ0n) is 18.8. The molecule has 5 rings (SSSR count). The Labute approximate surface area is 203 Å². The molecule has 0 bridgehead atoms. The summed E-state index contributed by atoms with van der Waals surface area (Å²) < 4.78 is 0. The maximum absolute atomic E-state index is 13.8. The number of Topliss-reactive ketones (excluding diaryl/α,β-unsaturated/α-hetero) is 1. The maximum Gasteiger partial charge on any atom is 0.240 e. The number of carbonyl (C=O) groups is 3. The van der Waals surface area contributed by atoms with Gasteiger partial charge in [-0.2, -0.15) is 0 Å². The lowest BCUT2D eigenvalue weighted by Crippen LogP contribution is -2.51. The number of hydrogen-bond donors (Lipinski definition) is 0. The van der Waals surface area contributed by atoms with E-state index in [1.54, 1.807) is 30.3 Å². The normalized spacial score (nSPS) is 26.2. The molecule has 3 aliphatic heterocycles. The van der Waals surface area contributed by atoms with Gasteiger partial charge in [-0.25, -0.2) is 4.90 Å². The highest BCUT2D eigenvalue weighted by Crippen LogP contribution is 2.52. The third-order valence-corrected chi connectivity index (χ3v) is 7.39. The van der Waals surface area contributed by atoms with E-state index in [2.05, 4.69) is 0 Å². The third-order valence-electron chi connectivity index (χ3n) is 6.90. The second-order valence-corrected chi connectivity index (χ2v) is 10.9. The molecule has 3 aliphatic rings. The molecule has 0 radical (unpaired) electrons. The molecule has 0 aromatic heterocycles. The Kier molecular flexibility index (Phi) is 5.00. The van der Waals surface area contributed by atoms with Crippen LogP contribution in [0.1, 0.15) is 33.3 Å². The summed E-state index contributed by atoms with van der Waals surface area (Å²) in [5.74, 6) is -2.11. The fourth-order valence-electron chi connectivity index (χ4n) is 5.40. The fraction of sp³-hybridized carbons (Fsp3) is 0.346. The molecule has 3 heterocycles. The Hall–Kier alpha value is -2.63. The molecule has 0 N–H and O–H groups in total. The van der Waals surface area contributed by atoms with Crippen molar-refractivity contribution in [2.75, 3.05) is 9.80 Å². The van der Waals surface area contributed by atoms with Crippen molar-refractivity contribution in [3.05, 3.63) is 64.1 Å². The topological polar surface area (TPSA) is 57.7 Å². The zero-order valence-corrected chi connectivity index (χ0v) is 20.3. The van der Waals surface area contributed by atoms with Gasteiger partial charge in [-0.05, 0) is 55.0 Å². The summed E-state index contributed by atoms with van der Waals surface area (Å²) >= 11 is 12.3. The van der Waals surface area contributed by atoms with Gasteiger partial charge in [0.1, 0.15) is 6.04 Å². The molecule has 170 valence electrons. The predicted molar refractivity (Wildman–Crippen MR) is 131 cm³/mol. The third kappa shape index (κ3) is 3.24. The summed E-state index contributed by atoms with van der Waals surface area (Å²) in [7, 11) is 0. The number of rotatable bonds is 2. The molecule has 2 fully saturated rings. The lowest BCUT2D eigenvalue weighted by atomic mass is 9.79. The number of fused-ring (bicyclic) bond motifs is 5. The zero-order chi connectivity index (χ0) is 23.8. The van der Waals surface area contributed by atoms with Crippen LogP contribution in [0.25, 0.3) is 5.57 Å². The molecule has 0 aliphatic carbocycles. The molecule has 33 heavy (non-hydrogen) atoms. The van der Waals surface area contributed by atoms with Crippen LogP contribution in [0.5, 0.6) is 0 Å². The number of allylic oxidation sites excluding steroid dienone is 1. The summed E-state index contributed by atoms with van der Waals surface area (Å²) in [6, 6.07) is 11.0. The van der Waals surface area contributed by atoms with E-state index in [-0.39, 0.29) is 17.6 Å². The van der Waals surface area contributed by atoms with Crippen LogP contribution in [0.2, 0.25) is 10.0 Å². The van der Waals surface area contributed by atoms with E-state index in [1.165, 1.54) is 4.90 Å². The van der Waals surface area contributed by atoms with Gasteiger partial charge in [-0.3, -0.25) is 14.4 Å². The van der Waals surface area contributed by atoms with Gasteiger partial charge in [0.25, 0.3) is 0 Å². The van der Waals surface area contributed by atoms with E-state index < -0.39 is 29.3 Å². The summed E-state index contributed by atoms with van der Waals surface area (Å²) in [5.41, 5.74) is 2.51. The van der Waals surface area contributed by atoms with Gasteiger partial charge in [-0.1, -0.05) is 50.0 Å². The lowest BCUT2D eigenvalue weighted by Gasteiger charge is -2.39. The quantitative estimate of drug-likeness (QED) is 0.538. The van der Waals surface area contributed by atoms with Crippen molar-refractivity contribution in [1.82, 2.24) is 0 Å². The molecule has 2 aromatic carbocycles. The molecule has 5 nitrogen and oxygen atoms in total. The van der Waals surface area contributed by atoms with Crippen LogP contribution in [0.4, 0.5) is 11.4 Å². The number of imide groups is 1. The van der Waals surface area contributed by atoms with Crippen molar-refractivity contribution in [3.8, 4) is 0 Å².